The van der Waals surface area contributed by atoms with Crippen LogP contribution in [-0.2, 0) is 13.0 Å². The fourth-order valence-electron chi connectivity index (χ4n) is 2.62. The second-order valence-corrected chi connectivity index (χ2v) is 4.59. The third-order valence-electron chi connectivity index (χ3n) is 3.41. The molecule has 0 saturated heterocycles. The molecule has 16 heavy (non-hydrogen) atoms. The van der Waals surface area contributed by atoms with Crippen LogP contribution in [0.15, 0.2) is 18.2 Å². The van der Waals surface area contributed by atoms with Gasteiger partial charge in [-0.1, -0.05) is 25.5 Å². The van der Waals surface area contributed by atoms with Gasteiger partial charge in [-0.05, 0) is 44.4 Å². The number of aryl methyl sites for hydroxylation is 3. The van der Waals surface area contributed by atoms with Crippen molar-refractivity contribution in [3.05, 3.63) is 35.0 Å². The molecule has 0 N–H and O–H groups in total. The average Bonchev–Trinajstić information content (AvgIpc) is 2.52. The van der Waals surface area contributed by atoms with Crippen LogP contribution in [0.25, 0.3) is 10.9 Å². The monoisotopic (exact) mass is 215 g/mol. The van der Waals surface area contributed by atoms with E-state index in [9.17, 15) is 0 Å². The molecule has 0 radical (unpaired) electrons. The number of nitrogens with zero attached hydrogens (tertiary/aromatic N) is 1. The summed E-state index contributed by atoms with van der Waals surface area (Å²) in [5.41, 5.74) is 5.73. The molecule has 0 bridgehead atoms. The molecule has 86 valence electrons. The van der Waals surface area contributed by atoms with Crippen LogP contribution in [0.5, 0.6) is 0 Å². The molecule has 0 spiro atoms. The van der Waals surface area contributed by atoms with Crippen LogP contribution in [0.1, 0.15) is 37.1 Å². The summed E-state index contributed by atoms with van der Waals surface area (Å²) in [5.74, 6) is 0. The van der Waals surface area contributed by atoms with E-state index in [0.29, 0.717) is 0 Å². The van der Waals surface area contributed by atoms with Crippen LogP contribution < -0.4 is 0 Å². The average molecular weight is 215 g/mol. The molecule has 1 heteroatoms. The van der Waals surface area contributed by atoms with Crippen molar-refractivity contribution < 1.29 is 0 Å². The van der Waals surface area contributed by atoms with Crippen molar-refractivity contribution in [1.29, 1.82) is 0 Å². The van der Waals surface area contributed by atoms with Gasteiger partial charge in [0.05, 0.1) is 0 Å². The van der Waals surface area contributed by atoms with Crippen molar-refractivity contribution in [3.63, 3.8) is 0 Å². The fraction of sp³-hybridized carbons (Fsp3) is 0.467. The maximum atomic E-state index is 2.47. The number of aromatic nitrogens is 1. The SMILES string of the molecule is CCCn1c(C)c(CC)c2cc(C)ccc21. The van der Waals surface area contributed by atoms with Gasteiger partial charge in [-0.3, -0.25) is 0 Å². The minimum Gasteiger partial charge on any atom is -0.345 e. The Bertz CT molecular complexity index is 506. The van der Waals surface area contributed by atoms with E-state index in [0.717, 1.165) is 13.0 Å². The summed E-state index contributed by atoms with van der Waals surface area (Å²) >= 11 is 0. The summed E-state index contributed by atoms with van der Waals surface area (Å²) in [6.45, 7) is 10.0. The molecule has 0 saturated carbocycles. The lowest BCUT2D eigenvalue weighted by Crippen LogP contribution is -1.99. The molecule has 0 unspecified atom stereocenters. The standard InChI is InChI=1S/C15H21N/c1-5-9-16-12(4)13(6-2)14-10-11(3)7-8-15(14)16/h7-8,10H,5-6,9H2,1-4H3. The van der Waals surface area contributed by atoms with Crippen LogP contribution in [-0.4, -0.2) is 4.57 Å². The zero-order chi connectivity index (χ0) is 11.7. The highest BCUT2D eigenvalue weighted by Crippen LogP contribution is 2.27. The van der Waals surface area contributed by atoms with E-state index in [4.69, 9.17) is 0 Å². The van der Waals surface area contributed by atoms with E-state index in [-0.39, 0.29) is 0 Å². The van der Waals surface area contributed by atoms with Gasteiger partial charge in [0.25, 0.3) is 0 Å². The van der Waals surface area contributed by atoms with Gasteiger partial charge in [0, 0.05) is 23.1 Å². The van der Waals surface area contributed by atoms with Gasteiger partial charge in [-0.15, -0.1) is 0 Å². The Labute approximate surface area is 98.1 Å². The molecular formula is C15H21N. The van der Waals surface area contributed by atoms with E-state index >= 15 is 0 Å². The minimum absolute atomic E-state index is 1.13. The van der Waals surface area contributed by atoms with Gasteiger partial charge in [0.1, 0.15) is 0 Å². The molecule has 0 aliphatic rings. The summed E-state index contributed by atoms with van der Waals surface area (Å²) in [6.07, 6.45) is 2.32. The molecule has 0 amide bonds. The van der Waals surface area contributed by atoms with Crippen LogP contribution in [0.2, 0.25) is 0 Å². The molecule has 1 aromatic heterocycles. The number of fused-ring (bicyclic) bond motifs is 1. The van der Waals surface area contributed by atoms with E-state index in [2.05, 4.69) is 50.5 Å². The molecule has 0 aliphatic carbocycles. The van der Waals surface area contributed by atoms with Crippen molar-refractivity contribution in [2.24, 2.45) is 0 Å². The Balaban J connectivity index is 2.75. The second-order valence-electron chi connectivity index (χ2n) is 4.59. The topological polar surface area (TPSA) is 4.93 Å². The quantitative estimate of drug-likeness (QED) is 0.722. The molecule has 2 rings (SSSR count). The van der Waals surface area contributed by atoms with E-state index in [1.165, 1.54) is 34.1 Å². The third-order valence-corrected chi connectivity index (χ3v) is 3.41. The summed E-state index contributed by atoms with van der Waals surface area (Å²) in [5, 5.41) is 1.45. The molecular weight excluding hydrogens is 194 g/mol. The highest BCUT2D eigenvalue weighted by molar-refractivity contribution is 5.86. The Hall–Kier alpha value is -1.24. The number of hydrogen-bond acceptors (Lipinski definition) is 0. The number of hydrogen-bond donors (Lipinski definition) is 0. The van der Waals surface area contributed by atoms with E-state index < -0.39 is 0 Å². The van der Waals surface area contributed by atoms with Gasteiger partial charge in [-0.25, -0.2) is 0 Å². The maximum Gasteiger partial charge on any atom is 0.0485 e. The molecule has 1 heterocycles. The largest absolute Gasteiger partial charge is 0.345 e. The van der Waals surface area contributed by atoms with Crippen LogP contribution in [0, 0.1) is 13.8 Å². The third kappa shape index (κ3) is 1.64. The molecule has 1 aromatic carbocycles. The summed E-state index contributed by atoms with van der Waals surface area (Å²) in [4.78, 5) is 0. The summed E-state index contributed by atoms with van der Waals surface area (Å²) < 4.78 is 2.47. The minimum atomic E-state index is 1.13. The van der Waals surface area contributed by atoms with Crippen molar-refractivity contribution in [2.75, 3.05) is 0 Å². The Morgan fingerprint density at radius 3 is 2.50 bits per heavy atom. The first-order chi connectivity index (χ1) is 7.69. The van der Waals surface area contributed by atoms with E-state index in [1.54, 1.807) is 0 Å². The van der Waals surface area contributed by atoms with Gasteiger partial charge in [0.2, 0.25) is 0 Å². The van der Waals surface area contributed by atoms with Crippen molar-refractivity contribution >= 4 is 10.9 Å². The first kappa shape index (κ1) is 11.3. The normalized spacial score (nSPS) is 11.2. The van der Waals surface area contributed by atoms with Gasteiger partial charge in [0.15, 0.2) is 0 Å². The lowest BCUT2D eigenvalue weighted by atomic mass is 10.1. The number of rotatable bonds is 3. The van der Waals surface area contributed by atoms with Crippen molar-refractivity contribution in [1.82, 2.24) is 4.57 Å². The smallest absolute Gasteiger partial charge is 0.0485 e. The Morgan fingerprint density at radius 2 is 1.88 bits per heavy atom. The zero-order valence-corrected chi connectivity index (χ0v) is 10.8. The second kappa shape index (κ2) is 4.32. The molecule has 2 aromatic rings. The van der Waals surface area contributed by atoms with Crippen LogP contribution in [0.3, 0.4) is 0 Å². The van der Waals surface area contributed by atoms with Crippen molar-refractivity contribution in [3.8, 4) is 0 Å². The van der Waals surface area contributed by atoms with Gasteiger partial charge >= 0.3 is 0 Å². The molecule has 0 fully saturated rings. The maximum absolute atomic E-state index is 2.47. The Kier molecular flexibility index (Phi) is 3.04. The first-order valence-electron chi connectivity index (χ1n) is 6.27. The number of benzene rings is 1. The highest BCUT2D eigenvalue weighted by Gasteiger charge is 2.11. The highest BCUT2D eigenvalue weighted by atomic mass is 15.0. The molecule has 0 atom stereocenters. The molecule has 0 aliphatic heterocycles. The first-order valence-corrected chi connectivity index (χ1v) is 6.27. The lowest BCUT2D eigenvalue weighted by molar-refractivity contribution is 0.682. The molecule has 1 nitrogen and oxygen atoms in total. The Morgan fingerprint density at radius 1 is 1.12 bits per heavy atom. The van der Waals surface area contributed by atoms with Crippen molar-refractivity contribution in [2.45, 2.75) is 47.1 Å². The van der Waals surface area contributed by atoms with E-state index in [1.807, 2.05) is 0 Å². The summed E-state index contributed by atoms with van der Waals surface area (Å²) in [6, 6.07) is 6.81. The predicted octanol–water partition coefficient (Wildman–Crippen LogP) is 4.23. The van der Waals surface area contributed by atoms with Crippen LogP contribution >= 0.6 is 0 Å². The fourth-order valence-corrected chi connectivity index (χ4v) is 2.62. The van der Waals surface area contributed by atoms with Gasteiger partial charge < -0.3 is 4.57 Å². The predicted molar refractivity (Wildman–Crippen MR) is 71.1 cm³/mol. The van der Waals surface area contributed by atoms with Gasteiger partial charge in [-0.2, -0.15) is 0 Å². The van der Waals surface area contributed by atoms with Crippen LogP contribution in [0.4, 0.5) is 0 Å². The summed E-state index contributed by atoms with van der Waals surface area (Å²) in [7, 11) is 0. The lowest BCUT2D eigenvalue weighted by Gasteiger charge is -2.06. The zero-order valence-electron chi connectivity index (χ0n) is 10.8.